The molecule has 0 spiro atoms. The van der Waals surface area contributed by atoms with Crippen LogP contribution in [0, 0.1) is 0 Å². The largest absolute Gasteiger partial charge is 0.497 e. The number of ether oxygens (including phenoxy) is 2. The molecule has 1 N–H and O–H groups in total. The van der Waals surface area contributed by atoms with E-state index in [0.29, 0.717) is 6.61 Å². The lowest BCUT2D eigenvalue weighted by Gasteiger charge is -2.10. The second-order valence-corrected chi connectivity index (χ2v) is 5.29. The standard InChI is InChI=1S/C18H21NO2/c1-20-17-7-9-18(10-8-17)21-12-11-19-16-6-5-14-3-2-4-15(14)13-16/h5-10,13,19H,2-4,11-12H2,1H3. The molecule has 3 rings (SSSR count). The number of hydrogen-bond donors (Lipinski definition) is 1. The van der Waals surface area contributed by atoms with Crippen LogP contribution in [0.4, 0.5) is 5.69 Å². The van der Waals surface area contributed by atoms with Gasteiger partial charge in [0.15, 0.2) is 0 Å². The van der Waals surface area contributed by atoms with Crippen molar-refractivity contribution in [1.82, 2.24) is 0 Å². The highest BCUT2D eigenvalue weighted by Crippen LogP contribution is 2.24. The zero-order chi connectivity index (χ0) is 14.5. The van der Waals surface area contributed by atoms with Gasteiger partial charge in [-0.1, -0.05) is 6.07 Å². The Morgan fingerprint density at radius 2 is 1.71 bits per heavy atom. The first-order valence-electron chi connectivity index (χ1n) is 7.48. The molecule has 0 radical (unpaired) electrons. The summed E-state index contributed by atoms with van der Waals surface area (Å²) in [6.07, 6.45) is 3.74. The van der Waals surface area contributed by atoms with Gasteiger partial charge in [0.2, 0.25) is 0 Å². The summed E-state index contributed by atoms with van der Waals surface area (Å²) in [4.78, 5) is 0. The summed E-state index contributed by atoms with van der Waals surface area (Å²) in [5, 5.41) is 3.42. The van der Waals surface area contributed by atoms with E-state index in [4.69, 9.17) is 9.47 Å². The van der Waals surface area contributed by atoms with Crippen LogP contribution < -0.4 is 14.8 Å². The minimum atomic E-state index is 0.642. The molecule has 1 aliphatic carbocycles. The van der Waals surface area contributed by atoms with Gasteiger partial charge in [-0.2, -0.15) is 0 Å². The van der Waals surface area contributed by atoms with E-state index in [1.165, 1.54) is 36.1 Å². The summed E-state index contributed by atoms with van der Waals surface area (Å²) in [7, 11) is 1.66. The zero-order valence-corrected chi connectivity index (χ0v) is 12.4. The van der Waals surface area contributed by atoms with Gasteiger partial charge in [0.1, 0.15) is 18.1 Å². The fraction of sp³-hybridized carbons (Fsp3) is 0.333. The number of hydrogen-bond acceptors (Lipinski definition) is 3. The summed E-state index contributed by atoms with van der Waals surface area (Å²) in [5.41, 5.74) is 4.19. The van der Waals surface area contributed by atoms with Crippen LogP contribution in [0.5, 0.6) is 11.5 Å². The molecule has 0 aromatic heterocycles. The Labute approximate surface area is 125 Å². The average Bonchev–Trinajstić information content (AvgIpc) is 3.00. The van der Waals surface area contributed by atoms with E-state index >= 15 is 0 Å². The van der Waals surface area contributed by atoms with Crippen LogP contribution in [0.3, 0.4) is 0 Å². The number of rotatable bonds is 6. The number of nitrogens with one attached hydrogen (secondary N) is 1. The Balaban J connectivity index is 1.45. The molecule has 2 aromatic carbocycles. The first-order valence-corrected chi connectivity index (χ1v) is 7.48. The van der Waals surface area contributed by atoms with Crippen LogP contribution in [-0.2, 0) is 12.8 Å². The third-order valence-corrected chi connectivity index (χ3v) is 3.86. The van der Waals surface area contributed by atoms with E-state index in [2.05, 4.69) is 23.5 Å². The highest BCUT2D eigenvalue weighted by atomic mass is 16.5. The fourth-order valence-corrected chi connectivity index (χ4v) is 2.72. The van der Waals surface area contributed by atoms with E-state index in [9.17, 15) is 0 Å². The quantitative estimate of drug-likeness (QED) is 0.820. The van der Waals surface area contributed by atoms with Gasteiger partial charge < -0.3 is 14.8 Å². The van der Waals surface area contributed by atoms with Gasteiger partial charge in [-0.05, 0) is 66.8 Å². The van der Waals surface area contributed by atoms with Gasteiger partial charge in [-0.25, -0.2) is 0 Å². The Morgan fingerprint density at radius 3 is 2.52 bits per heavy atom. The molecule has 0 amide bonds. The van der Waals surface area contributed by atoms with Crippen molar-refractivity contribution in [2.24, 2.45) is 0 Å². The number of benzene rings is 2. The lowest BCUT2D eigenvalue weighted by molar-refractivity contribution is 0.332. The highest BCUT2D eigenvalue weighted by molar-refractivity contribution is 5.50. The average molecular weight is 283 g/mol. The lowest BCUT2D eigenvalue weighted by atomic mass is 10.1. The smallest absolute Gasteiger partial charge is 0.119 e. The molecule has 0 unspecified atom stereocenters. The Hall–Kier alpha value is -2.16. The molecule has 1 aliphatic rings. The predicted octanol–water partition coefficient (Wildman–Crippen LogP) is 3.67. The van der Waals surface area contributed by atoms with Crippen LogP contribution >= 0.6 is 0 Å². The lowest BCUT2D eigenvalue weighted by Crippen LogP contribution is -2.11. The third-order valence-electron chi connectivity index (χ3n) is 3.86. The van der Waals surface area contributed by atoms with E-state index in [1.807, 2.05) is 24.3 Å². The predicted molar refractivity (Wildman–Crippen MR) is 85.4 cm³/mol. The van der Waals surface area contributed by atoms with Crippen molar-refractivity contribution in [3.63, 3.8) is 0 Å². The molecule has 0 saturated carbocycles. The molecule has 0 saturated heterocycles. The molecule has 21 heavy (non-hydrogen) atoms. The van der Waals surface area contributed by atoms with Crippen LogP contribution in [-0.4, -0.2) is 20.3 Å². The molecule has 3 heteroatoms. The van der Waals surface area contributed by atoms with Crippen molar-refractivity contribution in [3.8, 4) is 11.5 Å². The van der Waals surface area contributed by atoms with Crippen molar-refractivity contribution in [1.29, 1.82) is 0 Å². The maximum absolute atomic E-state index is 5.70. The molecule has 0 atom stereocenters. The molecule has 0 bridgehead atoms. The summed E-state index contributed by atoms with van der Waals surface area (Å²) in [6.45, 7) is 1.44. The van der Waals surface area contributed by atoms with Gasteiger partial charge in [0.25, 0.3) is 0 Å². The van der Waals surface area contributed by atoms with E-state index < -0.39 is 0 Å². The van der Waals surface area contributed by atoms with Crippen LogP contribution in [0.25, 0.3) is 0 Å². The number of aryl methyl sites for hydroxylation is 2. The molecular weight excluding hydrogens is 262 g/mol. The van der Waals surface area contributed by atoms with Gasteiger partial charge in [0, 0.05) is 12.2 Å². The van der Waals surface area contributed by atoms with Gasteiger partial charge in [0.05, 0.1) is 7.11 Å². The Kier molecular flexibility index (Phi) is 4.29. The normalized spacial score (nSPS) is 12.8. The Morgan fingerprint density at radius 1 is 0.952 bits per heavy atom. The van der Waals surface area contributed by atoms with Crippen LogP contribution in [0.2, 0.25) is 0 Å². The molecule has 0 aliphatic heterocycles. The number of fused-ring (bicyclic) bond motifs is 1. The first-order chi connectivity index (χ1) is 10.3. The fourth-order valence-electron chi connectivity index (χ4n) is 2.72. The van der Waals surface area contributed by atoms with Gasteiger partial charge >= 0.3 is 0 Å². The molecule has 3 nitrogen and oxygen atoms in total. The summed E-state index contributed by atoms with van der Waals surface area (Å²) >= 11 is 0. The molecule has 110 valence electrons. The van der Waals surface area contributed by atoms with Crippen LogP contribution in [0.15, 0.2) is 42.5 Å². The second kappa shape index (κ2) is 6.53. The first kappa shape index (κ1) is 13.8. The SMILES string of the molecule is COc1ccc(OCCNc2ccc3c(c2)CCC3)cc1. The Bertz CT molecular complexity index is 593. The second-order valence-electron chi connectivity index (χ2n) is 5.29. The molecule has 2 aromatic rings. The van der Waals surface area contributed by atoms with Gasteiger partial charge in [-0.15, -0.1) is 0 Å². The minimum Gasteiger partial charge on any atom is -0.497 e. The summed E-state index contributed by atoms with van der Waals surface area (Å²) < 4.78 is 10.8. The van der Waals surface area contributed by atoms with Crippen molar-refractivity contribution < 1.29 is 9.47 Å². The zero-order valence-electron chi connectivity index (χ0n) is 12.4. The number of anilines is 1. The molecular formula is C18H21NO2. The summed E-state index contributed by atoms with van der Waals surface area (Å²) in [5.74, 6) is 1.71. The van der Waals surface area contributed by atoms with Crippen molar-refractivity contribution in [2.75, 3.05) is 25.6 Å². The topological polar surface area (TPSA) is 30.5 Å². The van der Waals surface area contributed by atoms with E-state index in [1.54, 1.807) is 7.11 Å². The van der Waals surface area contributed by atoms with E-state index in [-0.39, 0.29) is 0 Å². The van der Waals surface area contributed by atoms with Crippen LogP contribution in [0.1, 0.15) is 17.5 Å². The number of methoxy groups -OCH3 is 1. The van der Waals surface area contributed by atoms with Crippen molar-refractivity contribution in [2.45, 2.75) is 19.3 Å². The third kappa shape index (κ3) is 3.48. The van der Waals surface area contributed by atoms with Gasteiger partial charge in [-0.3, -0.25) is 0 Å². The van der Waals surface area contributed by atoms with E-state index in [0.717, 1.165) is 18.0 Å². The summed E-state index contributed by atoms with van der Waals surface area (Å²) in [6, 6.07) is 14.3. The maximum Gasteiger partial charge on any atom is 0.119 e. The maximum atomic E-state index is 5.70. The highest BCUT2D eigenvalue weighted by Gasteiger charge is 2.10. The monoisotopic (exact) mass is 283 g/mol. The van der Waals surface area contributed by atoms with Crippen molar-refractivity contribution in [3.05, 3.63) is 53.6 Å². The molecule has 0 heterocycles. The minimum absolute atomic E-state index is 0.642. The molecule has 0 fully saturated rings. The van der Waals surface area contributed by atoms with Crippen molar-refractivity contribution >= 4 is 5.69 Å².